The lowest BCUT2D eigenvalue weighted by Gasteiger charge is -2.18. The van der Waals surface area contributed by atoms with E-state index >= 15 is 0 Å². The molecule has 1 unspecified atom stereocenters. The molecule has 1 atom stereocenters. The number of anilines is 2. The third kappa shape index (κ3) is 3.01. The largest absolute Gasteiger partial charge is 0.506 e. The molecular formula is C14H19N3O2S. The first kappa shape index (κ1) is 14.6. The maximum Gasteiger partial charge on any atom is 0.227 e. The number of amides is 1. The number of phenols is 1. The first-order valence-corrected chi connectivity index (χ1v) is 6.94. The number of thiocarbonyl (C=S) groups is 1. The highest BCUT2D eigenvalue weighted by Crippen LogP contribution is 2.34. The molecule has 1 aliphatic rings. The zero-order valence-corrected chi connectivity index (χ0v) is 12.7. The van der Waals surface area contributed by atoms with Gasteiger partial charge in [0.25, 0.3) is 0 Å². The molecule has 1 heterocycles. The SMILES string of the molecule is CC1CCc2cc(NC(=S)N(C)C)c(O)cc2NC1=O. The molecule has 0 aromatic heterocycles. The number of hydrogen-bond donors (Lipinski definition) is 3. The second kappa shape index (κ2) is 5.66. The van der Waals surface area contributed by atoms with E-state index in [1.54, 1.807) is 11.0 Å². The number of phenolic OH excluding ortho intramolecular Hbond substituents is 1. The van der Waals surface area contributed by atoms with Gasteiger partial charge in [-0.25, -0.2) is 0 Å². The van der Waals surface area contributed by atoms with Crippen molar-refractivity contribution in [3.05, 3.63) is 17.7 Å². The van der Waals surface area contributed by atoms with Gasteiger partial charge < -0.3 is 20.6 Å². The number of fused-ring (bicyclic) bond motifs is 1. The van der Waals surface area contributed by atoms with Crippen LogP contribution in [0, 0.1) is 5.92 Å². The molecule has 0 saturated heterocycles. The van der Waals surface area contributed by atoms with E-state index in [9.17, 15) is 9.90 Å². The Hall–Kier alpha value is -1.82. The fourth-order valence-corrected chi connectivity index (χ4v) is 2.15. The average Bonchev–Trinajstić information content (AvgIpc) is 2.51. The van der Waals surface area contributed by atoms with Crippen molar-refractivity contribution in [1.29, 1.82) is 0 Å². The van der Waals surface area contributed by atoms with Crippen molar-refractivity contribution in [2.75, 3.05) is 24.7 Å². The van der Waals surface area contributed by atoms with Crippen molar-refractivity contribution < 1.29 is 9.90 Å². The summed E-state index contributed by atoms with van der Waals surface area (Å²) in [6.45, 7) is 1.90. The number of benzene rings is 1. The lowest BCUT2D eigenvalue weighted by molar-refractivity contribution is -0.119. The quantitative estimate of drug-likeness (QED) is 0.547. The number of carbonyl (C=O) groups excluding carboxylic acids is 1. The van der Waals surface area contributed by atoms with E-state index in [-0.39, 0.29) is 17.6 Å². The molecule has 1 aliphatic heterocycles. The van der Waals surface area contributed by atoms with Crippen LogP contribution in [0.3, 0.4) is 0 Å². The van der Waals surface area contributed by atoms with Gasteiger partial charge in [-0.2, -0.15) is 0 Å². The Morgan fingerprint density at radius 3 is 2.85 bits per heavy atom. The minimum Gasteiger partial charge on any atom is -0.506 e. The fraction of sp³-hybridized carbons (Fsp3) is 0.429. The predicted octanol–water partition coefficient (Wildman–Crippen LogP) is 2.17. The van der Waals surface area contributed by atoms with Gasteiger partial charge in [0.2, 0.25) is 5.91 Å². The van der Waals surface area contributed by atoms with Crippen molar-refractivity contribution in [2.45, 2.75) is 19.8 Å². The molecule has 0 fully saturated rings. The van der Waals surface area contributed by atoms with Gasteiger partial charge in [0.1, 0.15) is 5.75 Å². The lowest BCUT2D eigenvalue weighted by Crippen LogP contribution is -2.27. The zero-order valence-electron chi connectivity index (χ0n) is 11.9. The fourth-order valence-electron chi connectivity index (χ4n) is 2.04. The third-order valence-electron chi connectivity index (χ3n) is 3.42. The second-order valence-electron chi connectivity index (χ2n) is 5.28. The highest BCUT2D eigenvalue weighted by atomic mass is 32.1. The van der Waals surface area contributed by atoms with E-state index in [4.69, 9.17) is 12.2 Å². The molecule has 1 amide bonds. The molecule has 0 spiro atoms. The van der Waals surface area contributed by atoms with Gasteiger partial charge in [-0.1, -0.05) is 6.92 Å². The highest BCUT2D eigenvalue weighted by Gasteiger charge is 2.21. The van der Waals surface area contributed by atoms with Crippen molar-refractivity contribution in [1.82, 2.24) is 4.90 Å². The van der Waals surface area contributed by atoms with E-state index in [1.165, 1.54) is 0 Å². The predicted molar refractivity (Wildman–Crippen MR) is 84.1 cm³/mol. The van der Waals surface area contributed by atoms with Crippen LogP contribution in [0.25, 0.3) is 0 Å². The van der Waals surface area contributed by atoms with Crippen molar-refractivity contribution in [3.8, 4) is 5.75 Å². The van der Waals surface area contributed by atoms with Gasteiger partial charge in [0, 0.05) is 31.8 Å². The molecule has 1 aromatic rings. The number of aromatic hydroxyl groups is 1. The Bertz CT molecular complexity index is 558. The molecule has 20 heavy (non-hydrogen) atoms. The van der Waals surface area contributed by atoms with Crippen LogP contribution in [0.2, 0.25) is 0 Å². The van der Waals surface area contributed by atoms with Crippen LogP contribution in [0.5, 0.6) is 5.75 Å². The highest BCUT2D eigenvalue weighted by molar-refractivity contribution is 7.80. The van der Waals surface area contributed by atoms with Crippen LogP contribution in [-0.4, -0.2) is 35.1 Å². The van der Waals surface area contributed by atoms with Crippen LogP contribution in [0.15, 0.2) is 12.1 Å². The first-order valence-electron chi connectivity index (χ1n) is 6.53. The van der Waals surface area contributed by atoms with E-state index < -0.39 is 0 Å². The molecule has 0 saturated carbocycles. The summed E-state index contributed by atoms with van der Waals surface area (Å²) in [6, 6.07) is 3.42. The third-order valence-corrected chi connectivity index (χ3v) is 3.89. The number of nitrogens with zero attached hydrogens (tertiary/aromatic N) is 1. The molecule has 3 N–H and O–H groups in total. The minimum atomic E-state index is -0.0243. The maximum atomic E-state index is 11.8. The monoisotopic (exact) mass is 293 g/mol. The number of hydrogen-bond acceptors (Lipinski definition) is 3. The number of rotatable bonds is 1. The van der Waals surface area contributed by atoms with Gasteiger partial charge >= 0.3 is 0 Å². The van der Waals surface area contributed by atoms with Crippen molar-refractivity contribution in [3.63, 3.8) is 0 Å². The minimum absolute atomic E-state index is 0.00679. The molecule has 5 nitrogen and oxygen atoms in total. The summed E-state index contributed by atoms with van der Waals surface area (Å²) in [5.74, 6) is 0.0410. The van der Waals surface area contributed by atoms with E-state index in [0.29, 0.717) is 16.5 Å². The molecule has 0 radical (unpaired) electrons. The van der Waals surface area contributed by atoms with Crippen LogP contribution in [0.1, 0.15) is 18.9 Å². The average molecular weight is 293 g/mol. The summed E-state index contributed by atoms with van der Waals surface area (Å²) in [6.07, 6.45) is 1.58. The Labute approximate surface area is 124 Å². The summed E-state index contributed by atoms with van der Waals surface area (Å²) in [7, 11) is 3.66. The molecule has 0 bridgehead atoms. The summed E-state index contributed by atoms with van der Waals surface area (Å²) in [5, 5.41) is 16.4. The number of nitrogens with one attached hydrogen (secondary N) is 2. The summed E-state index contributed by atoms with van der Waals surface area (Å²) < 4.78 is 0. The Kier molecular flexibility index (Phi) is 4.13. The van der Waals surface area contributed by atoms with E-state index in [0.717, 1.165) is 18.4 Å². The maximum absolute atomic E-state index is 11.8. The van der Waals surface area contributed by atoms with Gasteiger partial charge in [-0.3, -0.25) is 4.79 Å². The van der Waals surface area contributed by atoms with Gasteiger partial charge in [-0.15, -0.1) is 0 Å². The Morgan fingerprint density at radius 2 is 2.20 bits per heavy atom. The van der Waals surface area contributed by atoms with E-state index in [1.807, 2.05) is 27.1 Å². The summed E-state index contributed by atoms with van der Waals surface area (Å²) in [4.78, 5) is 13.6. The number of aryl methyl sites for hydroxylation is 1. The summed E-state index contributed by atoms with van der Waals surface area (Å²) in [5.41, 5.74) is 2.24. The standard InChI is InChI=1S/C14H19N3O2S/c1-8-4-5-9-6-11(16-14(20)17(2)3)12(18)7-10(9)15-13(8)19/h6-8,18H,4-5H2,1-3H3,(H,15,19)(H,16,20). The molecular weight excluding hydrogens is 274 g/mol. The number of carbonyl (C=O) groups is 1. The molecule has 108 valence electrons. The normalized spacial score (nSPS) is 17.8. The van der Waals surface area contributed by atoms with Crippen LogP contribution in [0.4, 0.5) is 11.4 Å². The van der Waals surface area contributed by atoms with Gasteiger partial charge in [0.15, 0.2) is 5.11 Å². The Morgan fingerprint density at radius 1 is 1.50 bits per heavy atom. The van der Waals surface area contributed by atoms with Crippen LogP contribution < -0.4 is 10.6 Å². The second-order valence-corrected chi connectivity index (χ2v) is 5.67. The molecule has 0 aliphatic carbocycles. The molecule has 6 heteroatoms. The summed E-state index contributed by atoms with van der Waals surface area (Å²) >= 11 is 5.17. The van der Waals surface area contributed by atoms with Gasteiger partial charge in [-0.05, 0) is 36.7 Å². The van der Waals surface area contributed by atoms with Crippen molar-refractivity contribution >= 4 is 34.6 Å². The Balaban J connectivity index is 2.31. The van der Waals surface area contributed by atoms with Gasteiger partial charge in [0.05, 0.1) is 5.69 Å². The molecule has 2 rings (SSSR count). The topological polar surface area (TPSA) is 64.6 Å². The lowest BCUT2D eigenvalue weighted by atomic mass is 10.0. The zero-order chi connectivity index (χ0) is 14.9. The van der Waals surface area contributed by atoms with Crippen molar-refractivity contribution in [2.24, 2.45) is 5.92 Å². The smallest absolute Gasteiger partial charge is 0.227 e. The first-order chi connectivity index (χ1) is 9.38. The van der Waals surface area contributed by atoms with Crippen LogP contribution >= 0.6 is 12.2 Å². The molecule has 1 aromatic carbocycles. The van der Waals surface area contributed by atoms with Crippen LogP contribution in [-0.2, 0) is 11.2 Å². The van der Waals surface area contributed by atoms with E-state index in [2.05, 4.69) is 10.6 Å².